The molecule has 0 spiro atoms. The molecular weight excluding hydrogens is 374 g/mol. The Morgan fingerprint density at radius 1 is 1.00 bits per heavy atom. The zero-order chi connectivity index (χ0) is 19.9. The number of thioether (sulfide) groups is 1. The lowest BCUT2D eigenvalue weighted by atomic mass is 10.2. The quantitative estimate of drug-likeness (QED) is 0.477. The minimum atomic E-state index is -0.111. The van der Waals surface area contributed by atoms with Gasteiger partial charge in [-0.1, -0.05) is 17.8 Å². The minimum Gasteiger partial charge on any atom is -0.497 e. The fourth-order valence-corrected chi connectivity index (χ4v) is 3.28. The maximum Gasteiger partial charge on any atom is 0.234 e. The van der Waals surface area contributed by atoms with Gasteiger partial charge < -0.3 is 14.8 Å². The Morgan fingerprint density at radius 2 is 1.75 bits per heavy atom. The Kier molecular flexibility index (Phi) is 6.49. The van der Waals surface area contributed by atoms with Crippen molar-refractivity contribution < 1.29 is 14.3 Å². The molecule has 0 aliphatic rings. The van der Waals surface area contributed by atoms with E-state index in [-0.39, 0.29) is 11.7 Å². The highest BCUT2D eigenvalue weighted by Gasteiger charge is 2.09. The summed E-state index contributed by atoms with van der Waals surface area (Å²) in [4.78, 5) is 21.3. The summed E-state index contributed by atoms with van der Waals surface area (Å²) in [5, 5.41) is 3.61. The summed E-state index contributed by atoms with van der Waals surface area (Å²) >= 11 is 1.37. The third-order valence-electron chi connectivity index (χ3n) is 3.88. The number of anilines is 1. The van der Waals surface area contributed by atoms with E-state index in [2.05, 4.69) is 15.3 Å². The monoisotopic (exact) mass is 395 g/mol. The summed E-state index contributed by atoms with van der Waals surface area (Å²) in [6.45, 7) is 1.91. The summed E-state index contributed by atoms with van der Waals surface area (Å²) in [6, 6.07) is 16.7. The second kappa shape index (κ2) is 9.23. The molecule has 0 aliphatic heterocycles. The number of hydrogen-bond acceptors (Lipinski definition) is 6. The summed E-state index contributed by atoms with van der Waals surface area (Å²) in [5.74, 6) is 2.23. The first kappa shape index (κ1) is 19.7. The first-order valence-electron chi connectivity index (χ1n) is 8.64. The predicted molar refractivity (Wildman–Crippen MR) is 111 cm³/mol. The molecule has 3 aromatic rings. The molecule has 0 bridgehead atoms. The molecule has 6 nitrogen and oxygen atoms in total. The largest absolute Gasteiger partial charge is 0.497 e. The van der Waals surface area contributed by atoms with Crippen LogP contribution in [-0.4, -0.2) is 35.8 Å². The number of carbonyl (C=O) groups is 1. The van der Waals surface area contributed by atoms with E-state index < -0.39 is 0 Å². The van der Waals surface area contributed by atoms with E-state index in [0.717, 1.165) is 22.0 Å². The summed E-state index contributed by atoms with van der Waals surface area (Å²) in [7, 11) is 3.22. The lowest BCUT2D eigenvalue weighted by Crippen LogP contribution is -2.14. The van der Waals surface area contributed by atoms with Crippen LogP contribution in [0.15, 0.2) is 59.6 Å². The van der Waals surface area contributed by atoms with E-state index >= 15 is 0 Å². The van der Waals surface area contributed by atoms with Gasteiger partial charge in [0.2, 0.25) is 5.91 Å². The second-order valence-corrected chi connectivity index (χ2v) is 6.96. The Bertz CT molecular complexity index is 961. The molecule has 1 N–H and O–H groups in total. The number of carbonyl (C=O) groups excluding carboxylic acids is 1. The number of benzene rings is 2. The maximum atomic E-state index is 12.3. The SMILES string of the molecule is COc1ccc(-c2nc(C)cc(SCC(=O)Nc3cccc(OC)c3)n2)cc1. The van der Waals surface area contributed by atoms with Crippen LogP contribution in [0.3, 0.4) is 0 Å². The minimum absolute atomic E-state index is 0.111. The molecule has 0 atom stereocenters. The topological polar surface area (TPSA) is 73.3 Å². The molecule has 0 saturated heterocycles. The number of rotatable bonds is 7. The van der Waals surface area contributed by atoms with Crippen molar-refractivity contribution in [3.8, 4) is 22.9 Å². The average Bonchev–Trinajstić information content (AvgIpc) is 2.72. The van der Waals surface area contributed by atoms with Gasteiger partial charge in [-0.3, -0.25) is 4.79 Å². The highest BCUT2D eigenvalue weighted by molar-refractivity contribution is 7.99. The first-order valence-corrected chi connectivity index (χ1v) is 9.63. The van der Waals surface area contributed by atoms with Gasteiger partial charge in [-0.25, -0.2) is 9.97 Å². The van der Waals surface area contributed by atoms with Gasteiger partial charge in [-0.15, -0.1) is 0 Å². The van der Waals surface area contributed by atoms with Crippen molar-refractivity contribution in [3.05, 3.63) is 60.3 Å². The molecule has 3 rings (SSSR count). The van der Waals surface area contributed by atoms with Crippen molar-refractivity contribution >= 4 is 23.4 Å². The lowest BCUT2D eigenvalue weighted by molar-refractivity contribution is -0.113. The van der Waals surface area contributed by atoms with Gasteiger partial charge in [0, 0.05) is 23.0 Å². The van der Waals surface area contributed by atoms with Gasteiger partial charge in [-0.2, -0.15) is 0 Å². The van der Waals surface area contributed by atoms with Crippen LogP contribution in [0.5, 0.6) is 11.5 Å². The van der Waals surface area contributed by atoms with Gasteiger partial charge in [0.25, 0.3) is 0 Å². The smallest absolute Gasteiger partial charge is 0.234 e. The molecule has 1 amide bonds. The van der Waals surface area contributed by atoms with Gasteiger partial charge in [0.15, 0.2) is 5.82 Å². The Hall–Kier alpha value is -3.06. The Morgan fingerprint density at radius 3 is 2.46 bits per heavy atom. The molecular formula is C21H21N3O3S. The van der Waals surface area contributed by atoms with Crippen molar-refractivity contribution in [2.24, 2.45) is 0 Å². The van der Waals surface area contributed by atoms with Crippen molar-refractivity contribution in [2.75, 3.05) is 25.3 Å². The zero-order valence-corrected chi connectivity index (χ0v) is 16.7. The van der Waals surface area contributed by atoms with Crippen LogP contribution < -0.4 is 14.8 Å². The fourth-order valence-electron chi connectivity index (χ4n) is 2.52. The van der Waals surface area contributed by atoms with E-state index in [1.165, 1.54) is 11.8 Å². The number of nitrogens with zero attached hydrogens (tertiary/aromatic N) is 2. The van der Waals surface area contributed by atoms with Gasteiger partial charge in [0.05, 0.1) is 20.0 Å². The van der Waals surface area contributed by atoms with Crippen LogP contribution in [0.2, 0.25) is 0 Å². The normalized spacial score (nSPS) is 10.4. The highest BCUT2D eigenvalue weighted by Crippen LogP contribution is 2.24. The van der Waals surface area contributed by atoms with Crippen LogP contribution in [0.4, 0.5) is 5.69 Å². The number of ether oxygens (including phenoxy) is 2. The molecule has 7 heteroatoms. The van der Waals surface area contributed by atoms with E-state index in [4.69, 9.17) is 9.47 Å². The second-order valence-electron chi connectivity index (χ2n) is 5.97. The van der Waals surface area contributed by atoms with Crippen LogP contribution in [0.25, 0.3) is 11.4 Å². The van der Waals surface area contributed by atoms with Gasteiger partial charge in [-0.05, 0) is 49.4 Å². The number of aryl methyl sites for hydroxylation is 1. The van der Waals surface area contributed by atoms with Crippen molar-refractivity contribution in [3.63, 3.8) is 0 Å². The molecule has 1 heterocycles. The lowest BCUT2D eigenvalue weighted by Gasteiger charge is -2.08. The average molecular weight is 395 g/mol. The maximum absolute atomic E-state index is 12.3. The van der Waals surface area contributed by atoms with Crippen molar-refractivity contribution in [1.29, 1.82) is 0 Å². The van der Waals surface area contributed by atoms with E-state index in [1.54, 1.807) is 20.3 Å². The Labute approximate surface area is 168 Å². The molecule has 144 valence electrons. The van der Waals surface area contributed by atoms with E-state index in [9.17, 15) is 4.79 Å². The highest BCUT2D eigenvalue weighted by atomic mass is 32.2. The predicted octanol–water partition coefficient (Wildman–Crippen LogP) is 4.20. The first-order chi connectivity index (χ1) is 13.6. The molecule has 0 saturated carbocycles. The molecule has 1 aromatic heterocycles. The van der Waals surface area contributed by atoms with Gasteiger partial charge >= 0.3 is 0 Å². The summed E-state index contributed by atoms with van der Waals surface area (Å²) in [6.07, 6.45) is 0. The van der Waals surface area contributed by atoms with E-state index in [1.807, 2.05) is 55.5 Å². The van der Waals surface area contributed by atoms with Crippen LogP contribution in [-0.2, 0) is 4.79 Å². The number of aromatic nitrogens is 2. The number of methoxy groups -OCH3 is 2. The van der Waals surface area contributed by atoms with Crippen LogP contribution in [0, 0.1) is 6.92 Å². The standard InChI is InChI=1S/C21H21N3O3S/c1-14-11-20(24-21(22-14)15-7-9-17(26-2)10-8-15)28-13-19(25)23-16-5-4-6-18(12-16)27-3/h4-12H,13H2,1-3H3,(H,23,25). The van der Waals surface area contributed by atoms with Crippen LogP contribution >= 0.6 is 11.8 Å². The molecule has 2 aromatic carbocycles. The van der Waals surface area contributed by atoms with E-state index in [0.29, 0.717) is 17.3 Å². The number of hydrogen-bond donors (Lipinski definition) is 1. The molecule has 0 radical (unpaired) electrons. The van der Waals surface area contributed by atoms with Crippen LogP contribution in [0.1, 0.15) is 5.69 Å². The molecule has 0 aliphatic carbocycles. The molecule has 0 fully saturated rings. The van der Waals surface area contributed by atoms with Gasteiger partial charge in [0.1, 0.15) is 16.5 Å². The summed E-state index contributed by atoms with van der Waals surface area (Å²) in [5.41, 5.74) is 2.44. The van der Waals surface area contributed by atoms with Crippen molar-refractivity contribution in [2.45, 2.75) is 11.9 Å². The number of amides is 1. The molecule has 0 unspecified atom stereocenters. The Balaban J connectivity index is 1.66. The third kappa shape index (κ3) is 5.23. The number of nitrogens with one attached hydrogen (secondary N) is 1. The fraction of sp³-hybridized carbons (Fsp3) is 0.190. The van der Waals surface area contributed by atoms with Crippen molar-refractivity contribution in [1.82, 2.24) is 9.97 Å². The molecule has 28 heavy (non-hydrogen) atoms. The third-order valence-corrected chi connectivity index (χ3v) is 4.80. The zero-order valence-electron chi connectivity index (χ0n) is 15.9. The summed E-state index contributed by atoms with van der Waals surface area (Å²) < 4.78 is 10.4.